The van der Waals surface area contributed by atoms with E-state index in [9.17, 15) is 10.1 Å². The second-order valence-corrected chi connectivity index (χ2v) is 6.95. The first-order chi connectivity index (χ1) is 14.2. The highest BCUT2D eigenvalue weighted by molar-refractivity contribution is 5.76. The van der Waals surface area contributed by atoms with Crippen LogP contribution < -0.4 is 20.9 Å². The molecule has 1 unspecified atom stereocenters. The first-order valence-electron chi connectivity index (χ1n) is 9.64. The average Bonchev–Trinajstić information content (AvgIpc) is 2.76. The van der Waals surface area contributed by atoms with E-state index in [1.54, 1.807) is 18.3 Å². The minimum absolute atomic E-state index is 0.0372. The number of nitriles is 1. The van der Waals surface area contributed by atoms with Crippen LogP contribution in [-0.2, 0) is 9.53 Å². The predicted molar refractivity (Wildman–Crippen MR) is 105 cm³/mol. The van der Waals surface area contributed by atoms with Crippen molar-refractivity contribution < 1.29 is 14.3 Å². The minimum Gasteiger partial charge on any atom is -0.489 e. The van der Waals surface area contributed by atoms with Crippen LogP contribution in [0.1, 0.15) is 31.2 Å². The average molecular weight is 394 g/mol. The summed E-state index contributed by atoms with van der Waals surface area (Å²) in [7, 11) is 0. The molecule has 150 valence electrons. The van der Waals surface area contributed by atoms with Crippen LogP contribution in [0.25, 0.3) is 11.3 Å². The van der Waals surface area contributed by atoms with Gasteiger partial charge in [-0.2, -0.15) is 5.26 Å². The molecule has 0 aliphatic carbocycles. The highest BCUT2D eigenvalue weighted by Crippen LogP contribution is 2.28. The number of nitrogens with one attached hydrogen (secondary N) is 3. The van der Waals surface area contributed by atoms with Crippen molar-refractivity contribution >= 4 is 11.9 Å². The molecule has 2 fully saturated rings. The van der Waals surface area contributed by atoms with E-state index in [0.717, 1.165) is 18.4 Å². The Balaban J connectivity index is 1.49. The molecule has 9 heteroatoms. The van der Waals surface area contributed by atoms with E-state index in [4.69, 9.17) is 9.47 Å². The van der Waals surface area contributed by atoms with E-state index in [2.05, 4.69) is 32.2 Å². The fourth-order valence-electron chi connectivity index (χ4n) is 3.28. The molecule has 2 aromatic rings. The third kappa shape index (κ3) is 4.80. The van der Waals surface area contributed by atoms with Gasteiger partial charge in [0.15, 0.2) is 0 Å². The van der Waals surface area contributed by atoms with Crippen molar-refractivity contribution in [3.63, 3.8) is 0 Å². The van der Waals surface area contributed by atoms with E-state index in [0.29, 0.717) is 49.0 Å². The van der Waals surface area contributed by atoms with E-state index in [1.165, 1.54) is 0 Å². The Morgan fingerprint density at radius 3 is 2.86 bits per heavy atom. The number of anilines is 1. The molecule has 3 N–H and O–H groups in total. The molecule has 2 saturated heterocycles. The summed E-state index contributed by atoms with van der Waals surface area (Å²) in [6, 6.07) is 9.49. The van der Waals surface area contributed by atoms with Crippen LogP contribution in [0.3, 0.4) is 0 Å². The van der Waals surface area contributed by atoms with Crippen molar-refractivity contribution in [2.45, 2.75) is 38.0 Å². The molecule has 0 spiro atoms. The van der Waals surface area contributed by atoms with Gasteiger partial charge in [-0.1, -0.05) is 0 Å². The van der Waals surface area contributed by atoms with Gasteiger partial charge in [-0.3, -0.25) is 10.2 Å². The SMILES string of the molecule is N#Cc1cc(-c2ccnc(NC3CCC(=O)NN3)n2)ccc1OC1CCOCC1. The van der Waals surface area contributed by atoms with Gasteiger partial charge in [-0.15, -0.1) is 0 Å². The van der Waals surface area contributed by atoms with Crippen LogP contribution in [0.2, 0.25) is 0 Å². The molecule has 0 radical (unpaired) electrons. The summed E-state index contributed by atoms with van der Waals surface area (Å²) in [6.45, 7) is 1.36. The minimum atomic E-state index is -0.145. The third-order valence-electron chi connectivity index (χ3n) is 4.86. The van der Waals surface area contributed by atoms with Crippen molar-refractivity contribution in [2.75, 3.05) is 18.5 Å². The summed E-state index contributed by atoms with van der Waals surface area (Å²) in [6.07, 6.45) is 4.30. The number of carbonyl (C=O) groups excluding carboxylic acids is 1. The molecule has 2 aliphatic rings. The maximum atomic E-state index is 11.2. The Kier molecular flexibility index (Phi) is 5.84. The molecule has 29 heavy (non-hydrogen) atoms. The summed E-state index contributed by atoms with van der Waals surface area (Å²) in [4.78, 5) is 20.0. The Morgan fingerprint density at radius 1 is 1.24 bits per heavy atom. The smallest absolute Gasteiger partial charge is 0.234 e. The Hall–Kier alpha value is -3.22. The fraction of sp³-hybridized carbons (Fsp3) is 0.400. The molecule has 3 heterocycles. The lowest BCUT2D eigenvalue weighted by molar-refractivity contribution is -0.123. The van der Waals surface area contributed by atoms with Crippen LogP contribution in [0.5, 0.6) is 5.75 Å². The largest absolute Gasteiger partial charge is 0.489 e. The molecule has 9 nitrogen and oxygen atoms in total. The van der Waals surface area contributed by atoms with Gasteiger partial charge in [0.05, 0.1) is 30.6 Å². The van der Waals surface area contributed by atoms with Gasteiger partial charge in [0.1, 0.15) is 17.9 Å². The Bertz CT molecular complexity index is 913. The van der Waals surface area contributed by atoms with Gasteiger partial charge in [-0.25, -0.2) is 15.4 Å². The second kappa shape index (κ2) is 8.86. The van der Waals surface area contributed by atoms with Crippen LogP contribution in [0.4, 0.5) is 5.95 Å². The lowest BCUT2D eigenvalue weighted by atomic mass is 10.1. The van der Waals surface area contributed by atoms with E-state index in [-0.39, 0.29) is 18.2 Å². The molecular formula is C20H22N6O3. The third-order valence-corrected chi connectivity index (χ3v) is 4.86. The fourth-order valence-corrected chi connectivity index (χ4v) is 3.28. The van der Waals surface area contributed by atoms with Crippen molar-refractivity contribution in [3.05, 3.63) is 36.0 Å². The number of aromatic nitrogens is 2. The maximum Gasteiger partial charge on any atom is 0.234 e. The molecule has 1 aromatic heterocycles. The number of hydrazine groups is 1. The quantitative estimate of drug-likeness (QED) is 0.701. The highest BCUT2D eigenvalue weighted by atomic mass is 16.5. The van der Waals surface area contributed by atoms with E-state index >= 15 is 0 Å². The number of ether oxygens (including phenoxy) is 2. The topological polar surface area (TPSA) is 121 Å². The predicted octanol–water partition coefficient (Wildman–Crippen LogP) is 1.73. The molecule has 0 saturated carbocycles. The number of rotatable bonds is 5. The molecule has 1 amide bonds. The zero-order valence-electron chi connectivity index (χ0n) is 15.9. The van der Waals surface area contributed by atoms with Crippen molar-refractivity contribution in [1.29, 1.82) is 5.26 Å². The van der Waals surface area contributed by atoms with Gasteiger partial charge in [0.2, 0.25) is 11.9 Å². The van der Waals surface area contributed by atoms with Gasteiger partial charge in [0, 0.05) is 31.0 Å². The molecule has 4 rings (SSSR count). The summed E-state index contributed by atoms with van der Waals surface area (Å²) in [5.74, 6) is 0.986. The lowest BCUT2D eigenvalue weighted by Crippen LogP contribution is -2.52. The first-order valence-corrected chi connectivity index (χ1v) is 9.64. The zero-order chi connectivity index (χ0) is 20.1. The number of hydrogen-bond donors (Lipinski definition) is 3. The van der Waals surface area contributed by atoms with Crippen molar-refractivity contribution in [3.8, 4) is 23.1 Å². The van der Waals surface area contributed by atoms with E-state index < -0.39 is 0 Å². The number of amides is 1. The summed E-state index contributed by atoms with van der Waals surface area (Å²) in [5, 5.41) is 12.7. The number of nitrogens with zero attached hydrogens (tertiary/aromatic N) is 3. The molecular weight excluding hydrogens is 372 g/mol. The lowest BCUT2D eigenvalue weighted by Gasteiger charge is -2.24. The number of carbonyl (C=O) groups is 1. The van der Waals surface area contributed by atoms with Gasteiger partial charge < -0.3 is 14.8 Å². The molecule has 2 aliphatic heterocycles. The van der Waals surface area contributed by atoms with Crippen LogP contribution in [0.15, 0.2) is 30.5 Å². The first kappa shape index (κ1) is 19.1. The standard InChI is InChI=1S/C20H22N6O3/c21-12-14-11-13(1-2-17(14)29-15-6-9-28-10-7-15)16-5-8-22-20(23-16)24-18-3-4-19(27)26-25-18/h1-2,5,8,11,15,18,25H,3-4,6-7,9-10H2,(H,26,27)(H,22,23,24). The summed E-state index contributed by atoms with van der Waals surface area (Å²) >= 11 is 0. The second-order valence-electron chi connectivity index (χ2n) is 6.95. The monoisotopic (exact) mass is 394 g/mol. The Labute approximate surface area is 168 Å². The van der Waals surface area contributed by atoms with Gasteiger partial charge >= 0.3 is 0 Å². The molecule has 0 bridgehead atoms. The van der Waals surface area contributed by atoms with Crippen LogP contribution in [-0.4, -0.2) is 41.4 Å². The van der Waals surface area contributed by atoms with Gasteiger partial charge in [0.25, 0.3) is 0 Å². The van der Waals surface area contributed by atoms with Gasteiger partial charge in [-0.05, 0) is 30.7 Å². The van der Waals surface area contributed by atoms with E-state index in [1.807, 2.05) is 12.1 Å². The zero-order valence-corrected chi connectivity index (χ0v) is 15.9. The summed E-state index contributed by atoms with van der Waals surface area (Å²) in [5.41, 5.74) is 7.43. The Morgan fingerprint density at radius 2 is 2.10 bits per heavy atom. The number of hydrogen-bond acceptors (Lipinski definition) is 8. The van der Waals surface area contributed by atoms with Crippen molar-refractivity contribution in [1.82, 2.24) is 20.8 Å². The normalized spacial score (nSPS) is 19.8. The maximum absolute atomic E-state index is 11.2. The summed E-state index contributed by atoms with van der Waals surface area (Å²) < 4.78 is 11.4. The molecule has 1 aromatic carbocycles. The van der Waals surface area contributed by atoms with Crippen molar-refractivity contribution in [2.24, 2.45) is 0 Å². The van der Waals surface area contributed by atoms with Crippen LogP contribution in [0, 0.1) is 11.3 Å². The van der Waals surface area contributed by atoms with Crippen LogP contribution >= 0.6 is 0 Å². The number of benzene rings is 1. The highest BCUT2D eigenvalue weighted by Gasteiger charge is 2.19. The molecule has 1 atom stereocenters.